The molecule has 20 heavy (non-hydrogen) atoms. The Labute approximate surface area is 132 Å². The predicted molar refractivity (Wildman–Crippen MR) is 80.3 cm³/mol. The standard InChI is InChI=1S/C12H24N2O4.2ClH/c1-11(2)15-7(5-13)9(17-11)10-8(6-14)16-12(3,4)18-10;;/h7-10H,5-6,13-14H2,1-4H3;2*1H/t7-,8+,9+,10-;;. The van der Waals surface area contributed by atoms with Crippen LogP contribution in [-0.2, 0) is 18.9 Å². The lowest BCUT2D eigenvalue weighted by Gasteiger charge is -2.25. The van der Waals surface area contributed by atoms with Crippen LogP contribution >= 0.6 is 24.8 Å². The van der Waals surface area contributed by atoms with Gasteiger partial charge in [-0.25, -0.2) is 0 Å². The van der Waals surface area contributed by atoms with Crippen LogP contribution in [0.15, 0.2) is 0 Å². The molecule has 0 unspecified atom stereocenters. The third-order valence-electron chi connectivity index (χ3n) is 3.23. The van der Waals surface area contributed by atoms with E-state index in [1.165, 1.54) is 0 Å². The summed E-state index contributed by atoms with van der Waals surface area (Å²) in [6.07, 6.45) is -0.895. The van der Waals surface area contributed by atoms with Crippen LogP contribution in [-0.4, -0.2) is 49.1 Å². The quantitative estimate of drug-likeness (QED) is 0.794. The highest BCUT2D eigenvalue weighted by atomic mass is 35.5. The van der Waals surface area contributed by atoms with Crippen LogP contribution in [0, 0.1) is 0 Å². The highest BCUT2D eigenvalue weighted by Gasteiger charge is 2.52. The van der Waals surface area contributed by atoms with Crippen molar-refractivity contribution in [1.29, 1.82) is 0 Å². The van der Waals surface area contributed by atoms with Gasteiger partial charge in [-0.15, -0.1) is 24.8 Å². The lowest BCUT2D eigenvalue weighted by atomic mass is 10.0. The Hall–Kier alpha value is 0.340. The summed E-state index contributed by atoms with van der Waals surface area (Å²) in [7, 11) is 0. The SMILES string of the molecule is CC1(C)O[C@@H]([C@H]2OC(C)(C)O[C@@H]2CN)[C@H](CN)O1.Cl.Cl. The van der Waals surface area contributed by atoms with Crippen LogP contribution in [0.25, 0.3) is 0 Å². The van der Waals surface area contributed by atoms with E-state index in [4.69, 9.17) is 30.4 Å². The fourth-order valence-corrected chi connectivity index (χ4v) is 2.65. The zero-order chi connectivity index (χ0) is 13.6. The Morgan fingerprint density at radius 3 is 1.25 bits per heavy atom. The zero-order valence-corrected chi connectivity index (χ0v) is 14.0. The molecule has 0 spiro atoms. The molecule has 122 valence electrons. The van der Waals surface area contributed by atoms with Gasteiger partial charge in [-0.3, -0.25) is 0 Å². The minimum atomic E-state index is -0.649. The molecule has 4 N–H and O–H groups in total. The first-order chi connectivity index (χ1) is 8.28. The Kier molecular flexibility index (Phi) is 7.19. The van der Waals surface area contributed by atoms with Crippen molar-refractivity contribution in [2.75, 3.05) is 13.1 Å². The molecule has 2 saturated heterocycles. The van der Waals surface area contributed by atoms with Crippen LogP contribution in [0.4, 0.5) is 0 Å². The molecule has 2 fully saturated rings. The Balaban J connectivity index is 0.00000180. The number of hydrogen-bond donors (Lipinski definition) is 2. The van der Waals surface area contributed by atoms with Gasteiger partial charge in [0, 0.05) is 13.1 Å². The summed E-state index contributed by atoms with van der Waals surface area (Å²) in [5, 5.41) is 0. The first kappa shape index (κ1) is 20.3. The highest BCUT2D eigenvalue weighted by molar-refractivity contribution is 5.85. The second kappa shape index (κ2) is 7.07. The van der Waals surface area contributed by atoms with E-state index in [9.17, 15) is 0 Å². The van der Waals surface area contributed by atoms with Gasteiger partial charge in [-0.2, -0.15) is 0 Å². The van der Waals surface area contributed by atoms with Crippen LogP contribution in [0.1, 0.15) is 27.7 Å². The predicted octanol–water partition coefficient (Wildman–Crippen LogP) is 0.788. The lowest BCUT2D eigenvalue weighted by Crippen LogP contribution is -2.46. The molecule has 0 radical (unpaired) electrons. The number of ether oxygens (including phenoxy) is 4. The van der Waals surface area contributed by atoms with E-state index in [-0.39, 0.29) is 49.2 Å². The molecule has 2 aliphatic heterocycles. The second-order valence-electron chi connectivity index (χ2n) is 5.75. The summed E-state index contributed by atoms with van der Waals surface area (Å²) in [6, 6.07) is 0. The third-order valence-corrected chi connectivity index (χ3v) is 3.23. The molecule has 2 heterocycles. The topological polar surface area (TPSA) is 89.0 Å². The largest absolute Gasteiger partial charge is 0.343 e. The summed E-state index contributed by atoms with van der Waals surface area (Å²) in [5.41, 5.74) is 11.5. The summed E-state index contributed by atoms with van der Waals surface area (Å²) >= 11 is 0. The molecule has 8 heteroatoms. The van der Waals surface area contributed by atoms with Gasteiger partial charge in [0.1, 0.15) is 24.4 Å². The Morgan fingerprint density at radius 1 is 0.700 bits per heavy atom. The third kappa shape index (κ3) is 4.18. The fraction of sp³-hybridized carbons (Fsp3) is 1.00. The number of nitrogens with two attached hydrogens (primary N) is 2. The van der Waals surface area contributed by atoms with Gasteiger partial charge in [-0.1, -0.05) is 0 Å². The van der Waals surface area contributed by atoms with E-state index in [0.717, 1.165) is 0 Å². The normalized spacial score (nSPS) is 38.1. The lowest BCUT2D eigenvalue weighted by molar-refractivity contribution is -0.175. The van der Waals surface area contributed by atoms with Crippen molar-refractivity contribution in [3.05, 3.63) is 0 Å². The van der Waals surface area contributed by atoms with Gasteiger partial charge < -0.3 is 30.4 Å². The van der Waals surface area contributed by atoms with Gasteiger partial charge in [0.2, 0.25) is 0 Å². The van der Waals surface area contributed by atoms with Crippen LogP contribution in [0.2, 0.25) is 0 Å². The van der Waals surface area contributed by atoms with Crippen molar-refractivity contribution in [1.82, 2.24) is 0 Å². The van der Waals surface area contributed by atoms with E-state index in [0.29, 0.717) is 13.1 Å². The van der Waals surface area contributed by atoms with Crippen molar-refractivity contribution in [2.45, 2.75) is 63.7 Å². The minimum absolute atomic E-state index is 0. The smallest absolute Gasteiger partial charge is 0.163 e. The summed E-state index contributed by atoms with van der Waals surface area (Å²) in [4.78, 5) is 0. The molecule has 0 aromatic rings. The van der Waals surface area contributed by atoms with Crippen LogP contribution in [0.5, 0.6) is 0 Å². The first-order valence-electron chi connectivity index (χ1n) is 6.39. The summed E-state index contributed by atoms with van der Waals surface area (Å²) in [5.74, 6) is -1.30. The molecule has 4 atom stereocenters. The Bertz CT molecular complexity index is 288. The van der Waals surface area contributed by atoms with Crippen molar-refractivity contribution < 1.29 is 18.9 Å². The van der Waals surface area contributed by atoms with Crippen LogP contribution in [0.3, 0.4) is 0 Å². The van der Waals surface area contributed by atoms with E-state index in [2.05, 4.69) is 0 Å². The highest BCUT2D eigenvalue weighted by Crippen LogP contribution is 2.37. The van der Waals surface area contributed by atoms with Crippen molar-refractivity contribution in [3.63, 3.8) is 0 Å². The average molecular weight is 333 g/mol. The van der Waals surface area contributed by atoms with Crippen molar-refractivity contribution in [2.24, 2.45) is 11.5 Å². The van der Waals surface area contributed by atoms with E-state index in [1.54, 1.807) is 0 Å². The second-order valence-corrected chi connectivity index (χ2v) is 5.75. The van der Waals surface area contributed by atoms with E-state index >= 15 is 0 Å². The fourth-order valence-electron chi connectivity index (χ4n) is 2.65. The summed E-state index contributed by atoms with van der Waals surface area (Å²) in [6.45, 7) is 8.24. The Morgan fingerprint density at radius 2 is 1.00 bits per heavy atom. The number of hydrogen-bond acceptors (Lipinski definition) is 6. The van der Waals surface area contributed by atoms with Gasteiger partial charge in [-0.05, 0) is 27.7 Å². The molecule has 0 bridgehead atoms. The molecule has 0 amide bonds. The maximum absolute atomic E-state index is 5.90. The van der Waals surface area contributed by atoms with Crippen molar-refractivity contribution in [3.8, 4) is 0 Å². The zero-order valence-electron chi connectivity index (χ0n) is 12.3. The first-order valence-corrected chi connectivity index (χ1v) is 6.39. The molecule has 2 aliphatic rings. The molecule has 0 saturated carbocycles. The molecule has 0 aliphatic carbocycles. The van der Waals surface area contributed by atoms with Crippen molar-refractivity contribution >= 4 is 24.8 Å². The van der Waals surface area contributed by atoms with Gasteiger partial charge in [0.25, 0.3) is 0 Å². The average Bonchev–Trinajstić information content (AvgIpc) is 2.74. The summed E-state index contributed by atoms with van der Waals surface area (Å²) < 4.78 is 23.3. The molecule has 0 aromatic carbocycles. The van der Waals surface area contributed by atoms with E-state index < -0.39 is 11.6 Å². The number of halogens is 2. The van der Waals surface area contributed by atoms with Gasteiger partial charge in [0.15, 0.2) is 11.6 Å². The van der Waals surface area contributed by atoms with E-state index in [1.807, 2.05) is 27.7 Å². The maximum Gasteiger partial charge on any atom is 0.163 e. The molecular formula is C12H26Cl2N2O4. The van der Waals surface area contributed by atoms with Gasteiger partial charge in [0.05, 0.1) is 0 Å². The molecule has 0 aromatic heterocycles. The molecule has 2 rings (SSSR count). The minimum Gasteiger partial charge on any atom is -0.343 e. The maximum atomic E-state index is 5.90. The molecular weight excluding hydrogens is 307 g/mol. The number of rotatable bonds is 3. The van der Waals surface area contributed by atoms with Crippen LogP contribution < -0.4 is 11.5 Å². The van der Waals surface area contributed by atoms with Gasteiger partial charge >= 0.3 is 0 Å². The monoisotopic (exact) mass is 332 g/mol. The molecule has 6 nitrogen and oxygen atoms in total.